The van der Waals surface area contributed by atoms with E-state index in [0.29, 0.717) is 11.3 Å². The lowest BCUT2D eigenvalue weighted by molar-refractivity contribution is -0.156. The van der Waals surface area contributed by atoms with E-state index < -0.39 is 18.0 Å². The van der Waals surface area contributed by atoms with Crippen LogP contribution in [0.4, 0.5) is 5.69 Å². The molecule has 1 aromatic carbocycles. The highest BCUT2D eigenvalue weighted by Gasteiger charge is 2.19. The number of carbonyl (C=O) groups is 2. The molecule has 0 spiro atoms. The molecule has 0 aliphatic rings. The predicted octanol–water partition coefficient (Wildman–Crippen LogP) is 2.08. The van der Waals surface area contributed by atoms with E-state index in [1.807, 2.05) is 6.07 Å². The Morgan fingerprint density at radius 3 is 2.58 bits per heavy atom. The van der Waals surface area contributed by atoms with Crippen LogP contribution >= 0.6 is 0 Å². The quantitative estimate of drug-likeness (QED) is 0.840. The van der Waals surface area contributed by atoms with E-state index in [-0.39, 0.29) is 5.92 Å². The van der Waals surface area contributed by atoms with Crippen LogP contribution in [0.2, 0.25) is 0 Å². The third-order valence-corrected chi connectivity index (χ3v) is 2.39. The molecule has 1 amide bonds. The van der Waals surface area contributed by atoms with Crippen LogP contribution < -0.4 is 5.32 Å². The van der Waals surface area contributed by atoms with E-state index >= 15 is 0 Å². The summed E-state index contributed by atoms with van der Waals surface area (Å²) in [6, 6.07) is 8.50. The average Bonchev–Trinajstić information content (AvgIpc) is 2.38. The fourth-order valence-corrected chi connectivity index (χ4v) is 1.27. The summed E-state index contributed by atoms with van der Waals surface area (Å²) in [6.45, 7) is 4.90. The molecule has 0 unspecified atom stereocenters. The first-order valence-electron chi connectivity index (χ1n) is 5.95. The summed E-state index contributed by atoms with van der Waals surface area (Å²) in [5, 5.41) is 11.3. The molecule has 0 bridgehead atoms. The lowest BCUT2D eigenvalue weighted by Crippen LogP contribution is -2.31. The normalized spacial score (nSPS) is 11.5. The number of amides is 1. The van der Waals surface area contributed by atoms with E-state index in [0.717, 1.165) is 0 Å². The zero-order valence-electron chi connectivity index (χ0n) is 11.1. The molecule has 1 aromatic rings. The van der Waals surface area contributed by atoms with Crippen LogP contribution in [0.5, 0.6) is 0 Å². The number of anilines is 1. The topological polar surface area (TPSA) is 79.2 Å². The zero-order chi connectivity index (χ0) is 14.4. The fraction of sp³-hybridized carbons (Fsp3) is 0.357. The Kier molecular flexibility index (Phi) is 5.07. The molecule has 0 saturated heterocycles. The van der Waals surface area contributed by atoms with Gasteiger partial charge >= 0.3 is 5.97 Å². The molecule has 19 heavy (non-hydrogen) atoms. The van der Waals surface area contributed by atoms with E-state index in [1.54, 1.807) is 38.1 Å². The van der Waals surface area contributed by atoms with Crippen molar-refractivity contribution in [1.82, 2.24) is 0 Å². The predicted molar refractivity (Wildman–Crippen MR) is 70.2 cm³/mol. The molecule has 0 saturated carbocycles. The number of nitrogens with zero attached hydrogens (tertiary/aromatic N) is 1. The minimum absolute atomic E-state index is 0.280. The number of benzene rings is 1. The van der Waals surface area contributed by atoms with Gasteiger partial charge in [-0.3, -0.25) is 9.59 Å². The van der Waals surface area contributed by atoms with Crippen molar-refractivity contribution in [2.24, 2.45) is 5.92 Å². The highest BCUT2D eigenvalue weighted by Crippen LogP contribution is 2.11. The second kappa shape index (κ2) is 6.55. The summed E-state index contributed by atoms with van der Waals surface area (Å²) < 4.78 is 4.99. The SMILES string of the molecule is CC(C)C(=O)O[C@@H](C)C(=O)Nc1cccc(C#N)c1. The molecular formula is C14H16N2O3. The highest BCUT2D eigenvalue weighted by atomic mass is 16.5. The third kappa shape index (κ3) is 4.43. The maximum Gasteiger partial charge on any atom is 0.309 e. The van der Waals surface area contributed by atoms with Crippen molar-refractivity contribution < 1.29 is 14.3 Å². The number of ether oxygens (including phenoxy) is 1. The van der Waals surface area contributed by atoms with Crippen molar-refractivity contribution in [3.63, 3.8) is 0 Å². The van der Waals surface area contributed by atoms with E-state index in [4.69, 9.17) is 10.00 Å². The van der Waals surface area contributed by atoms with Crippen molar-refractivity contribution in [2.45, 2.75) is 26.9 Å². The zero-order valence-corrected chi connectivity index (χ0v) is 11.1. The first-order chi connectivity index (χ1) is 8.93. The Labute approximate surface area is 112 Å². The van der Waals surface area contributed by atoms with Crippen LogP contribution in [0.1, 0.15) is 26.3 Å². The van der Waals surface area contributed by atoms with Crippen LogP contribution in [0, 0.1) is 17.2 Å². The molecule has 0 radical (unpaired) electrons. The number of nitriles is 1. The Morgan fingerprint density at radius 2 is 2.00 bits per heavy atom. The minimum atomic E-state index is -0.874. The van der Waals surface area contributed by atoms with E-state index in [1.165, 1.54) is 6.92 Å². The molecule has 1 atom stereocenters. The second-order valence-corrected chi connectivity index (χ2v) is 4.42. The van der Waals surface area contributed by atoms with Gasteiger partial charge in [0.25, 0.3) is 5.91 Å². The van der Waals surface area contributed by atoms with Crippen LogP contribution in [-0.4, -0.2) is 18.0 Å². The molecular weight excluding hydrogens is 244 g/mol. The maximum absolute atomic E-state index is 11.8. The molecule has 5 nitrogen and oxygen atoms in total. The molecule has 0 fully saturated rings. The van der Waals surface area contributed by atoms with E-state index in [2.05, 4.69) is 5.32 Å². The second-order valence-electron chi connectivity index (χ2n) is 4.42. The van der Waals surface area contributed by atoms with Gasteiger partial charge in [0.2, 0.25) is 0 Å². The summed E-state index contributed by atoms with van der Waals surface area (Å²) in [6.07, 6.45) is -0.874. The summed E-state index contributed by atoms with van der Waals surface area (Å²) in [7, 11) is 0. The smallest absolute Gasteiger partial charge is 0.309 e. The molecule has 0 aromatic heterocycles. The number of carbonyl (C=O) groups excluding carboxylic acids is 2. The van der Waals surface area contributed by atoms with Gasteiger partial charge < -0.3 is 10.1 Å². The van der Waals surface area contributed by atoms with E-state index in [9.17, 15) is 9.59 Å². The van der Waals surface area contributed by atoms with Gasteiger partial charge in [-0.15, -0.1) is 0 Å². The molecule has 0 aliphatic heterocycles. The number of hydrogen-bond donors (Lipinski definition) is 1. The lowest BCUT2D eigenvalue weighted by atomic mass is 10.2. The Morgan fingerprint density at radius 1 is 1.32 bits per heavy atom. The van der Waals surface area contributed by atoms with Gasteiger partial charge in [0, 0.05) is 5.69 Å². The first-order valence-corrected chi connectivity index (χ1v) is 5.95. The Balaban J connectivity index is 2.64. The number of nitrogens with one attached hydrogen (secondary N) is 1. The van der Waals surface area contributed by atoms with Gasteiger partial charge in [0.05, 0.1) is 17.6 Å². The Hall–Kier alpha value is -2.35. The van der Waals surface area contributed by atoms with Crippen molar-refractivity contribution in [2.75, 3.05) is 5.32 Å². The van der Waals surface area contributed by atoms with Crippen molar-refractivity contribution in [1.29, 1.82) is 5.26 Å². The van der Waals surface area contributed by atoms with Crippen LogP contribution in [0.15, 0.2) is 24.3 Å². The molecule has 100 valence electrons. The van der Waals surface area contributed by atoms with Gasteiger partial charge in [-0.25, -0.2) is 0 Å². The van der Waals surface area contributed by atoms with Crippen molar-refractivity contribution in [3.05, 3.63) is 29.8 Å². The van der Waals surface area contributed by atoms with Crippen molar-refractivity contribution in [3.8, 4) is 6.07 Å². The number of esters is 1. The summed E-state index contributed by atoms with van der Waals surface area (Å²) in [5.41, 5.74) is 0.945. The number of hydrogen-bond acceptors (Lipinski definition) is 4. The fourth-order valence-electron chi connectivity index (χ4n) is 1.27. The highest BCUT2D eigenvalue weighted by molar-refractivity contribution is 5.95. The van der Waals surface area contributed by atoms with Gasteiger partial charge in [-0.05, 0) is 25.1 Å². The lowest BCUT2D eigenvalue weighted by Gasteiger charge is -2.14. The summed E-state index contributed by atoms with van der Waals surface area (Å²) >= 11 is 0. The monoisotopic (exact) mass is 260 g/mol. The largest absolute Gasteiger partial charge is 0.452 e. The Bertz CT molecular complexity index is 518. The molecule has 1 N–H and O–H groups in total. The standard InChI is InChI=1S/C14H16N2O3/c1-9(2)14(18)19-10(3)13(17)16-12-6-4-5-11(7-12)8-15/h4-7,9-10H,1-3H3,(H,16,17)/t10-/m0/s1. The van der Waals surface area contributed by atoms with Crippen LogP contribution in [0.25, 0.3) is 0 Å². The van der Waals surface area contributed by atoms with Gasteiger partial charge in [-0.1, -0.05) is 19.9 Å². The van der Waals surface area contributed by atoms with Gasteiger partial charge in [0.15, 0.2) is 6.10 Å². The molecule has 0 heterocycles. The van der Waals surface area contributed by atoms with Gasteiger partial charge in [0.1, 0.15) is 0 Å². The molecule has 5 heteroatoms. The first kappa shape index (κ1) is 14.7. The molecule has 1 rings (SSSR count). The average molecular weight is 260 g/mol. The maximum atomic E-state index is 11.8. The minimum Gasteiger partial charge on any atom is -0.452 e. The summed E-state index contributed by atoms with van der Waals surface area (Å²) in [4.78, 5) is 23.2. The van der Waals surface area contributed by atoms with Crippen LogP contribution in [0.3, 0.4) is 0 Å². The van der Waals surface area contributed by atoms with Crippen LogP contribution in [-0.2, 0) is 14.3 Å². The summed E-state index contributed by atoms with van der Waals surface area (Å²) in [5.74, 6) is -1.13. The number of rotatable bonds is 4. The van der Waals surface area contributed by atoms with Crippen molar-refractivity contribution >= 4 is 17.6 Å². The van der Waals surface area contributed by atoms with Gasteiger partial charge in [-0.2, -0.15) is 5.26 Å². The third-order valence-electron chi connectivity index (χ3n) is 2.39. The molecule has 0 aliphatic carbocycles.